The molecular weight excluding hydrogens is 160 g/mol. The van der Waals surface area contributed by atoms with Crippen LogP contribution in [0.15, 0.2) is 18.2 Å². The number of nitrogens with two attached hydrogens (primary N) is 1. The Morgan fingerprint density at radius 1 is 1.33 bits per heavy atom. The van der Waals surface area contributed by atoms with Crippen molar-refractivity contribution in [2.45, 2.75) is 6.42 Å². The van der Waals surface area contributed by atoms with E-state index in [-0.39, 0.29) is 0 Å². The van der Waals surface area contributed by atoms with Crippen LogP contribution in [0.5, 0.6) is 0 Å². The molecule has 0 bridgehead atoms. The van der Waals surface area contributed by atoms with Gasteiger partial charge in [0.1, 0.15) is 11.6 Å². The Bertz CT molecular complexity index is 261. The molecule has 0 aromatic heterocycles. The van der Waals surface area contributed by atoms with Crippen LogP contribution >= 0.6 is 0 Å². The van der Waals surface area contributed by atoms with Gasteiger partial charge in [-0.25, -0.2) is 8.78 Å². The molecule has 1 nitrogen and oxygen atoms in total. The molecule has 1 aromatic rings. The molecule has 3 heteroatoms. The highest BCUT2D eigenvalue weighted by atomic mass is 19.1. The largest absolute Gasteiger partial charge is 0.479 e. The normalized spacial score (nSPS) is 10.2. The molecule has 0 saturated carbocycles. The maximum Gasteiger partial charge on any atom is 0.129 e. The van der Waals surface area contributed by atoms with Gasteiger partial charge in [0.25, 0.3) is 0 Å². The SMILES string of the molecule is [CH2-][NH2+]CCc1ccc(F)cc1F. The summed E-state index contributed by atoms with van der Waals surface area (Å²) in [7, 11) is 3.53. The van der Waals surface area contributed by atoms with Crippen molar-refractivity contribution in [1.29, 1.82) is 0 Å². The quantitative estimate of drug-likeness (QED) is 0.650. The average molecular weight is 171 g/mol. The van der Waals surface area contributed by atoms with Crippen LogP contribution in [-0.4, -0.2) is 6.54 Å². The predicted molar refractivity (Wildman–Crippen MR) is 42.2 cm³/mol. The zero-order valence-electron chi connectivity index (χ0n) is 6.69. The Labute approximate surface area is 70.4 Å². The molecule has 0 spiro atoms. The van der Waals surface area contributed by atoms with Gasteiger partial charge in [0.05, 0.1) is 6.54 Å². The van der Waals surface area contributed by atoms with Gasteiger partial charge in [-0.15, -0.1) is 0 Å². The van der Waals surface area contributed by atoms with Crippen molar-refractivity contribution in [1.82, 2.24) is 0 Å². The van der Waals surface area contributed by atoms with Crippen molar-refractivity contribution in [2.24, 2.45) is 0 Å². The van der Waals surface area contributed by atoms with Gasteiger partial charge in [-0.1, -0.05) is 6.07 Å². The molecule has 0 unspecified atom stereocenters. The Hall–Kier alpha value is -0.960. The maximum absolute atomic E-state index is 12.9. The van der Waals surface area contributed by atoms with E-state index in [9.17, 15) is 8.78 Å². The van der Waals surface area contributed by atoms with Crippen LogP contribution in [0.2, 0.25) is 0 Å². The van der Waals surface area contributed by atoms with Crippen molar-refractivity contribution in [3.63, 3.8) is 0 Å². The van der Waals surface area contributed by atoms with Crippen LogP contribution in [0.25, 0.3) is 0 Å². The fourth-order valence-electron chi connectivity index (χ4n) is 0.982. The zero-order chi connectivity index (χ0) is 8.97. The van der Waals surface area contributed by atoms with Crippen LogP contribution in [0.3, 0.4) is 0 Å². The summed E-state index contributed by atoms with van der Waals surface area (Å²) >= 11 is 0. The number of quaternary nitrogens is 1. The summed E-state index contributed by atoms with van der Waals surface area (Å²) in [6.07, 6.45) is 0.579. The fraction of sp³-hybridized carbons (Fsp3) is 0.222. The van der Waals surface area contributed by atoms with Crippen molar-refractivity contribution in [3.05, 3.63) is 42.4 Å². The minimum atomic E-state index is -0.533. The molecule has 12 heavy (non-hydrogen) atoms. The Morgan fingerprint density at radius 3 is 2.67 bits per heavy atom. The van der Waals surface area contributed by atoms with E-state index < -0.39 is 11.6 Å². The molecule has 0 radical (unpaired) electrons. The molecule has 0 heterocycles. The van der Waals surface area contributed by atoms with Gasteiger partial charge < -0.3 is 5.32 Å². The van der Waals surface area contributed by atoms with Crippen molar-refractivity contribution < 1.29 is 14.1 Å². The first-order chi connectivity index (χ1) is 5.74. The second-order valence-electron chi connectivity index (χ2n) is 2.56. The van der Waals surface area contributed by atoms with E-state index in [2.05, 4.69) is 7.05 Å². The lowest BCUT2D eigenvalue weighted by atomic mass is 10.1. The van der Waals surface area contributed by atoms with Gasteiger partial charge in [0.15, 0.2) is 0 Å². The number of hydrogen-bond acceptors (Lipinski definition) is 0. The summed E-state index contributed by atoms with van der Waals surface area (Å²) in [6.45, 7) is 0.711. The Balaban J connectivity index is 2.72. The molecule has 0 atom stereocenters. The standard InChI is InChI=1S/C9H11F2N/c1-12-5-4-7-2-3-8(10)6-9(7)11/h2-3,6H,1,4-5,12H2. The van der Waals surface area contributed by atoms with Gasteiger partial charge in [-0.05, 0) is 11.6 Å². The molecule has 0 amide bonds. The molecule has 66 valence electrons. The van der Waals surface area contributed by atoms with E-state index >= 15 is 0 Å². The zero-order valence-corrected chi connectivity index (χ0v) is 6.69. The maximum atomic E-state index is 12.9. The molecule has 0 aliphatic heterocycles. The van der Waals surface area contributed by atoms with Crippen molar-refractivity contribution in [2.75, 3.05) is 6.54 Å². The van der Waals surface area contributed by atoms with Gasteiger partial charge in [0, 0.05) is 12.5 Å². The fourth-order valence-corrected chi connectivity index (χ4v) is 0.982. The summed E-state index contributed by atoms with van der Waals surface area (Å²) < 4.78 is 25.3. The lowest BCUT2D eigenvalue weighted by Gasteiger charge is -2.02. The van der Waals surface area contributed by atoms with Crippen molar-refractivity contribution >= 4 is 0 Å². The summed E-state index contributed by atoms with van der Waals surface area (Å²) in [4.78, 5) is 0. The van der Waals surface area contributed by atoms with Gasteiger partial charge >= 0.3 is 0 Å². The van der Waals surface area contributed by atoms with Crippen LogP contribution in [-0.2, 0) is 6.42 Å². The molecule has 1 rings (SSSR count). The van der Waals surface area contributed by atoms with Crippen LogP contribution < -0.4 is 5.32 Å². The molecule has 1 aromatic carbocycles. The summed E-state index contributed by atoms with van der Waals surface area (Å²) in [5.74, 6) is -1.01. The second-order valence-corrected chi connectivity index (χ2v) is 2.56. The number of benzene rings is 1. The average Bonchev–Trinajstić information content (AvgIpc) is 2.03. The number of halogens is 2. The highest BCUT2D eigenvalue weighted by Crippen LogP contribution is 2.08. The lowest BCUT2D eigenvalue weighted by molar-refractivity contribution is -0.594. The molecule has 0 fully saturated rings. The van der Waals surface area contributed by atoms with Crippen LogP contribution in [0.4, 0.5) is 8.78 Å². The second kappa shape index (κ2) is 4.16. The Morgan fingerprint density at radius 2 is 2.08 bits per heavy atom. The molecule has 0 aliphatic rings. The minimum Gasteiger partial charge on any atom is -0.479 e. The molecule has 0 aliphatic carbocycles. The van der Waals surface area contributed by atoms with Crippen LogP contribution in [0.1, 0.15) is 5.56 Å². The van der Waals surface area contributed by atoms with E-state index in [0.29, 0.717) is 18.5 Å². The first-order valence-electron chi connectivity index (χ1n) is 3.79. The summed E-state index contributed by atoms with van der Waals surface area (Å²) in [5, 5.41) is 1.71. The number of rotatable bonds is 3. The predicted octanol–water partition coefficient (Wildman–Crippen LogP) is 0.862. The third-order valence-electron chi connectivity index (χ3n) is 1.63. The van der Waals surface area contributed by atoms with Gasteiger partial charge in [-0.2, -0.15) is 7.05 Å². The monoisotopic (exact) mass is 171 g/mol. The highest BCUT2D eigenvalue weighted by molar-refractivity contribution is 5.18. The smallest absolute Gasteiger partial charge is 0.129 e. The van der Waals surface area contributed by atoms with E-state index in [0.717, 1.165) is 6.07 Å². The van der Waals surface area contributed by atoms with Crippen LogP contribution in [0, 0.1) is 18.7 Å². The third-order valence-corrected chi connectivity index (χ3v) is 1.63. The van der Waals surface area contributed by atoms with E-state index in [1.807, 2.05) is 0 Å². The summed E-state index contributed by atoms with van der Waals surface area (Å²) in [6, 6.07) is 3.63. The Kier molecular flexibility index (Phi) is 3.17. The number of hydrogen-bond donors (Lipinski definition) is 1. The summed E-state index contributed by atoms with van der Waals surface area (Å²) in [5.41, 5.74) is 0.538. The third kappa shape index (κ3) is 2.27. The van der Waals surface area contributed by atoms with Gasteiger partial charge in [-0.3, -0.25) is 0 Å². The van der Waals surface area contributed by atoms with Gasteiger partial charge in [0.2, 0.25) is 0 Å². The lowest BCUT2D eigenvalue weighted by Crippen LogP contribution is -2.77. The highest BCUT2D eigenvalue weighted by Gasteiger charge is 2.02. The van der Waals surface area contributed by atoms with E-state index in [4.69, 9.17) is 0 Å². The topological polar surface area (TPSA) is 16.6 Å². The molecule has 0 saturated heterocycles. The molecule has 2 N–H and O–H groups in total. The molecular formula is C9H11F2N. The van der Waals surface area contributed by atoms with E-state index in [1.54, 1.807) is 5.32 Å². The van der Waals surface area contributed by atoms with Crippen molar-refractivity contribution in [3.8, 4) is 0 Å². The minimum absolute atomic E-state index is 0.475. The first-order valence-corrected chi connectivity index (χ1v) is 3.79. The first kappa shape index (κ1) is 9.13. The van der Waals surface area contributed by atoms with E-state index in [1.165, 1.54) is 12.1 Å².